The first-order valence-electron chi connectivity index (χ1n) is 7.28. The van der Waals surface area contributed by atoms with E-state index in [0.717, 1.165) is 21.6 Å². The van der Waals surface area contributed by atoms with Crippen molar-refractivity contribution in [1.29, 1.82) is 0 Å². The summed E-state index contributed by atoms with van der Waals surface area (Å²) in [5.74, 6) is 0.0267. The van der Waals surface area contributed by atoms with Gasteiger partial charge in [0.25, 0.3) is 5.91 Å². The summed E-state index contributed by atoms with van der Waals surface area (Å²) in [7, 11) is 1.82. The summed E-state index contributed by atoms with van der Waals surface area (Å²) in [6.45, 7) is 0.533. The van der Waals surface area contributed by atoms with E-state index < -0.39 is 0 Å². The van der Waals surface area contributed by atoms with Crippen LogP contribution in [0.2, 0.25) is 5.02 Å². The summed E-state index contributed by atoms with van der Waals surface area (Å²) < 4.78 is 0. The SMILES string of the molecule is CN(Cc1cccc(Cl)c1)C(=O)c1sccc1-c1ccccc1. The first kappa shape index (κ1) is 15.8. The zero-order valence-corrected chi connectivity index (χ0v) is 14.3. The van der Waals surface area contributed by atoms with E-state index in [9.17, 15) is 4.79 Å². The molecule has 3 rings (SSSR count). The number of carbonyl (C=O) groups is 1. The third-order valence-electron chi connectivity index (χ3n) is 3.60. The molecule has 4 heteroatoms. The van der Waals surface area contributed by atoms with E-state index >= 15 is 0 Å². The second-order valence-electron chi connectivity index (χ2n) is 5.32. The van der Waals surface area contributed by atoms with E-state index in [2.05, 4.69) is 0 Å². The first-order valence-corrected chi connectivity index (χ1v) is 8.54. The van der Waals surface area contributed by atoms with Crippen LogP contribution in [0.1, 0.15) is 15.2 Å². The van der Waals surface area contributed by atoms with Gasteiger partial charge in [0.2, 0.25) is 0 Å². The molecule has 0 atom stereocenters. The van der Waals surface area contributed by atoms with Gasteiger partial charge in [-0.3, -0.25) is 4.79 Å². The standard InChI is InChI=1S/C19H16ClNOS/c1-21(13-14-6-5-9-16(20)12-14)19(22)18-17(10-11-23-18)15-7-3-2-4-8-15/h2-12H,13H2,1H3. The normalized spacial score (nSPS) is 10.5. The topological polar surface area (TPSA) is 20.3 Å². The van der Waals surface area contributed by atoms with Gasteiger partial charge in [-0.05, 0) is 34.7 Å². The zero-order valence-electron chi connectivity index (χ0n) is 12.7. The van der Waals surface area contributed by atoms with Crippen molar-refractivity contribution in [2.45, 2.75) is 6.54 Å². The Hall–Kier alpha value is -2.10. The zero-order chi connectivity index (χ0) is 16.2. The molecule has 0 N–H and O–H groups in total. The van der Waals surface area contributed by atoms with Gasteiger partial charge in [-0.2, -0.15) is 0 Å². The highest BCUT2D eigenvalue weighted by Gasteiger charge is 2.18. The number of halogens is 1. The van der Waals surface area contributed by atoms with Gasteiger partial charge in [0.05, 0.1) is 4.88 Å². The van der Waals surface area contributed by atoms with E-state index in [1.807, 2.05) is 73.1 Å². The highest BCUT2D eigenvalue weighted by molar-refractivity contribution is 7.12. The lowest BCUT2D eigenvalue weighted by Gasteiger charge is -2.17. The molecule has 116 valence electrons. The molecule has 0 unspecified atom stereocenters. The molecule has 0 bridgehead atoms. The fraction of sp³-hybridized carbons (Fsp3) is 0.105. The minimum Gasteiger partial charge on any atom is -0.337 e. The highest BCUT2D eigenvalue weighted by atomic mass is 35.5. The number of thiophene rings is 1. The maximum atomic E-state index is 12.8. The van der Waals surface area contributed by atoms with Crippen LogP contribution in [0.3, 0.4) is 0 Å². The van der Waals surface area contributed by atoms with Crippen molar-refractivity contribution in [3.8, 4) is 11.1 Å². The lowest BCUT2D eigenvalue weighted by molar-refractivity contribution is 0.0790. The summed E-state index contributed by atoms with van der Waals surface area (Å²) in [6.07, 6.45) is 0. The van der Waals surface area contributed by atoms with Gasteiger partial charge in [0.1, 0.15) is 0 Å². The summed E-state index contributed by atoms with van der Waals surface area (Å²) in [6, 6.07) is 19.6. The van der Waals surface area contributed by atoms with Crippen LogP contribution in [0, 0.1) is 0 Å². The van der Waals surface area contributed by atoms with Crippen LogP contribution < -0.4 is 0 Å². The number of amides is 1. The van der Waals surface area contributed by atoms with Crippen molar-refractivity contribution >= 4 is 28.8 Å². The van der Waals surface area contributed by atoms with Crippen LogP contribution in [0.5, 0.6) is 0 Å². The number of rotatable bonds is 4. The van der Waals surface area contributed by atoms with E-state index in [1.54, 1.807) is 4.90 Å². The molecule has 0 aliphatic carbocycles. The summed E-state index contributed by atoms with van der Waals surface area (Å²) in [5.41, 5.74) is 3.07. The Morgan fingerprint density at radius 2 is 1.87 bits per heavy atom. The number of hydrogen-bond donors (Lipinski definition) is 0. The lowest BCUT2D eigenvalue weighted by Crippen LogP contribution is -2.25. The van der Waals surface area contributed by atoms with Crippen LogP contribution in [0.25, 0.3) is 11.1 Å². The molecule has 3 aromatic rings. The molecule has 23 heavy (non-hydrogen) atoms. The Morgan fingerprint density at radius 3 is 2.61 bits per heavy atom. The molecule has 1 heterocycles. The number of benzene rings is 2. The predicted molar refractivity (Wildman–Crippen MR) is 97.0 cm³/mol. The molecule has 2 aromatic carbocycles. The van der Waals surface area contributed by atoms with Gasteiger partial charge in [-0.25, -0.2) is 0 Å². The quantitative estimate of drug-likeness (QED) is 0.627. The van der Waals surface area contributed by atoms with E-state index in [-0.39, 0.29) is 5.91 Å². The maximum Gasteiger partial charge on any atom is 0.264 e. The van der Waals surface area contributed by atoms with Crippen molar-refractivity contribution in [3.05, 3.63) is 81.5 Å². The molecular weight excluding hydrogens is 326 g/mol. The Labute approximate surface area is 145 Å². The average Bonchev–Trinajstić information content (AvgIpc) is 3.04. The van der Waals surface area contributed by atoms with Crippen molar-refractivity contribution in [1.82, 2.24) is 4.90 Å². The number of carbonyl (C=O) groups excluding carboxylic acids is 1. The van der Waals surface area contributed by atoms with E-state index in [4.69, 9.17) is 11.6 Å². The molecule has 0 aliphatic heterocycles. The highest BCUT2D eigenvalue weighted by Crippen LogP contribution is 2.29. The van der Waals surface area contributed by atoms with E-state index in [1.165, 1.54) is 11.3 Å². The fourth-order valence-corrected chi connectivity index (χ4v) is 3.60. The van der Waals surface area contributed by atoms with Crippen LogP contribution in [0.4, 0.5) is 0 Å². The van der Waals surface area contributed by atoms with Crippen LogP contribution in [-0.4, -0.2) is 17.9 Å². The second kappa shape index (κ2) is 6.99. The molecule has 0 saturated heterocycles. The number of nitrogens with zero attached hydrogens (tertiary/aromatic N) is 1. The molecular formula is C19H16ClNOS. The summed E-state index contributed by atoms with van der Waals surface area (Å²) in [5, 5.41) is 2.65. The minimum atomic E-state index is 0.0267. The third kappa shape index (κ3) is 3.63. The van der Waals surface area contributed by atoms with Crippen molar-refractivity contribution < 1.29 is 4.79 Å². The minimum absolute atomic E-state index is 0.0267. The Bertz CT molecular complexity index is 813. The third-order valence-corrected chi connectivity index (χ3v) is 4.74. The van der Waals surface area contributed by atoms with Gasteiger partial charge in [0.15, 0.2) is 0 Å². The van der Waals surface area contributed by atoms with Gasteiger partial charge in [-0.1, -0.05) is 54.1 Å². The molecule has 0 fully saturated rings. The van der Waals surface area contributed by atoms with Crippen molar-refractivity contribution in [2.75, 3.05) is 7.05 Å². The molecule has 0 aliphatic rings. The fourth-order valence-electron chi connectivity index (χ4n) is 2.47. The summed E-state index contributed by atoms with van der Waals surface area (Å²) in [4.78, 5) is 15.3. The molecule has 0 radical (unpaired) electrons. The van der Waals surface area contributed by atoms with Gasteiger partial charge in [-0.15, -0.1) is 11.3 Å². The molecule has 0 spiro atoms. The van der Waals surface area contributed by atoms with Crippen LogP contribution >= 0.6 is 22.9 Å². The van der Waals surface area contributed by atoms with E-state index in [0.29, 0.717) is 11.6 Å². The largest absolute Gasteiger partial charge is 0.337 e. The smallest absolute Gasteiger partial charge is 0.264 e. The average molecular weight is 342 g/mol. The monoisotopic (exact) mass is 341 g/mol. The van der Waals surface area contributed by atoms with Gasteiger partial charge in [0, 0.05) is 24.2 Å². The molecule has 1 amide bonds. The van der Waals surface area contributed by atoms with Crippen LogP contribution in [0.15, 0.2) is 66.0 Å². The Kier molecular flexibility index (Phi) is 4.79. The van der Waals surface area contributed by atoms with Crippen molar-refractivity contribution in [3.63, 3.8) is 0 Å². The number of hydrogen-bond acceptors (Lipinski definition) is 2. The Balaban J connectivity index is 1.82. The van der Waals surface area contributed by atoms with Crippen molar-refractivity contribution in [2.24, 2.45) is 0 Å². The molecule has 0 saturated carbocycles. The van der Waals surface area contributed by atoms with Gasteiger partial charge < -0.3 is 4.90 Å². The maximum absolute atomic E-state index is 12.8. The lowest BCUT2D eigenvalue weighted by atomic mass is 10.1. The predicted octanol–water partition coefficient (Wildman–Crippen LogP) is 5.34. The molecule has 1 aromatic heterocycles. The molecule has 2 nitrogen and oxygen atoms in total. The van der Waals surface area contributed by atoms with Crippen LogP contribution in [-0.2, 0) is 6.54 Å². The summed E-state index contributed by atoms with van der Waals surface area (Å²) >= 11 is 7.49. The Morgan fingerprint density at radius 1 is 1.09 bits per heavy atom. The first-order chi connectivity index (χ1) is 11.1. The second-order valence-corrected chi connectivity index (χ2v) is 6.67. The van der Waals surface area contributed by atoms with Gasteiger partial charge >= 0.3 is 0 Å².